The molecule has 0 spiro atoms. The van der Waals surface area contributed by atoms with Crippen LogP contribution in [0.2, 0.25) is 0 Å². The SMILES string of the molecule is CCc1cc(N2CCc3ccc(OC(F)(F)F)cc3C2)nc(NC2CC2)n1. The number of fused-ring (bicyclic) bond motifs is 1. The van der Waals surface area contributed by atoms with Crippen LogP contribution in [0.1, 0.15) is 36.6 Å². The molecule has 1 aromatic carbocycles. The Labute approximate surface area is 155 Å². The molecule has 1 aliphatic heterocycles. The highest BCUT2D eigenvalue weighted by atomic mass is 19.4. The van der Waals surface area contributed by atoms with Gasteiger partial charge in [-0.2, -0.15) is 4.98 Å². The monoisotopic (exact) mass is 378 g/mol. The van der Waals surface area contributed by atoms with Crippen molar-refractivity contribution in [3.05, 3.63) is 41.1 Å². The van der Waals surface area contributed by atoms with Crippen LogP contribution in [0, 0.1) is 0 Å². The van der Waals surface area contributed by atoms with Gasteiger partial charge in [-0.05, 0) is 48.9 Å². The zero-order valence-electron chi connectivity index (χ0n) is 15.0. The van der Waals surface area contributed by atoms with E-state index in [0.29, 0.717) is 18.5 Å². The third-order valence-corrected chi connectivity index (χ3v) is 4.79. The van der Waals surface area contributed by atoms with E-state index in [2.05, 4.69) is 24.9 Å². The molecule has 144 valence electrons. The van der Waals surface area contributed by atoms with Crippen LogP contribution in [-0.2, 0) is 19.4 Å². The fourth-order valence-electron chi connectivity index (χ4n) is 3.23. The molecule has 2 aliphatic rings. The lowest BCUT2D eigenvalue weighted by molar-refractivity contribution is -0.274. The van der Waals surface area contributed by atoms with Crippen molar-refractivity contribution >= 4 is 11.8 Å². The number of hydrogen-bond donors (Lipinski definition) is 1. The molecule has 2 aromatic rings. The summed E-state index contributed by atoms with van der Waals surface area (Å²) in [5.74, 6) is 1.25. The molecule has 1 fully saturated rings. The second-order valence-corrected chi connectivity index (χ2v) is 6.96. The van der Waals surface area contributed by atoms with Gasteiger partial charge in [0.15, 0.2) is 0 Å². The van der Waals surface area contributed by atoms with Crippen molar-refractivity contribution in [2.45, 2.75) is 51.6 Å². The Morgan fingerprint density at radius 3 is 2.70 bits per heavy atom. The van der Waals surface area contributed by atoms with Crippen molar-refractivity contribution < 1.29 is 17.9 Å². The lowest BCUT2D eigenvalue weighted by atomic mass is 9.99. The van der Waals surface area contributed by atoms with Gasteiger partial charge in [0.05, 0.1) is 0 Å². The molecule has 0 atom stereocenters. The first-order valence-electron chi connectivity index (χ1n) is 9.16. The average Bonchev–Trinajstić information content (AvgIpc) is 3.43. The van der Waals surface area contributed by atoms with Crippen molar-refractivity contribution in [2.75, 3.05) is 16.8 Å². The fraction of sp³-hybridized carbons (Fsp3) is 0.474. The van der Waals surface area contributed by atoms with Gasteiger partial charge in [0.1, 0.15) is 11.6 Å². The normalized spacial score (nSPS) is 16.8. The number of ether oxygens (including phenoxy) is 1. The molecule has 1 N–H and O–H groups in total. The van der Waals surface area contributed by atoms with Crippen molar-refractivity contribution in [3.63, 3.8) is 0 Å². The molecule has 4 rings (SSSR count). The number of nitrogens with zero attached hydrogens (tertiary/aromatic N) is 3. The van der Waals surface area contributed by atoms with Crippen LogP contribution in [-0.4, -0.2) is 28.9 Å². The predicted molar refractivity (Wildman–Crippen MR) is 95.9 cm³/mol. The van der Waals surface area contributed by atoms with Crippen molar-refractivity contribution in [2.24, 2.45) is 0 Å². The van der Waals surface area contributed by atoms with E-state index < -0.39 is 6.36 Å². The largest absolute Gasteiger partial charge is 0.573 e. The number of anilines is 2. The number of halogens is 3. The molecule has 8 heteroatoms. The van der Waals surface area contributed by atoms with E-state index in [1.165, 1.54) is 12.1 Å². The summed E-state index contributed by atoms with van der Waals surface area (Å²) in [6, 6.07) is 6.97. The first kappa shape index (κ1) is 17.9. The third kappa shape index (κ3) is 4.43. The highest BCUT2D eigenvalue weighted by molar-refractivity contribution is 5.49. The van der Waals surface area contributed by atoms with Crippen molar-refractivity contribution in [1.82, 2.24) is 9.97 Å². The summed E-state index contributed by atoms with van der Waals surface area (Å²) < 4.78 is 41.5. The van der Waals surface area contributed by atoms with Crippen LogP contribution >= 0.6 is 0 Å². The maximum Gasteiger partial charge on any atom is 0.573 e. The minimum absolute atomic E-state index is 0.184. The smallest absolute Gasteiger partial charge is 0.406 e. The van der Waals surface area contributed by atoms with Crippen LogP contribution in [0.4, 0.5) is 24.9 Å². The molecule has 27 heavy (non-hydrogen) atoms. The summed E-state index contributed by atoms with van der Waals surface area (Å²) in [5, 5.41) is 3.33. The maximum absolute atomic E-state index is 12.5. The van der Waals surface area contributed by atoms with Crippen LogP contribution in [0.25, 0.3) is 0 Å². The minimum atomic E-state index is -4.69. The highest BCUT2D eigenvalue weighted by Gasteiger charge is 2.31. The van der Waals surface area contributed by atoms with Crippen molar-refractivity contribution in [3.8, 4) is 5.75 Å². The van der Waals surface area contributed by atoms with E-state index in [1.54, 1.807) is 6.07 Å². The summed E-state index contributed by atoms with van der Waals surface area (Å²) in [7, 11) is 0. The predicted octanol–water partition coefficient (Wildman–Crippen LogP) is 4.07. The lowest BCUT2D eigenvalue weighted by Gasteiger charge is -2.30. The van der Waals surface area contributed by atoms with Gasteiger partial charge in [-0.15, -0.1) is 13.2 Å². The van der Waals surface area contributed by atoms with Gasteiger partial charge >= 0.3 is 6.36 Å². The van der Waals surface area contributed by atoms with Gasteiger partial charge in [-0.1, -0.05) is 13.0 Å². The Bertz CT molecular complexity index is 836. The van der Waals surface area contributed by atoms with Gasteiger partial charge in [-0.25, -0.2) is 4.98 Å². The number of rotatable bonds is 5. The second kappa shape index (κ2) is 6.90. The van der Waals surface area contributed by atoms with E-state index in [-0.39, 0.29) is 5.75 Å². The van der Waals surface area contributed by atoms with E-state index in [9.17, 15) is 13.2 Å². The molecular formula is C19H21F3N4O. The zero-order chi connectivity index (χ0) is 19.0. The molecule has 1 saturated carbocycles. The number of alkyl halides is 3. The van der Waals surface area contributed by atoms with E-state index >= 15 is 0 Å². The number of aryl methyl sites for hydroxylation is 1. The first-order valence-corrected chi connectivity index (χ1v) is 9.16. The molecular weight excluding hydrogens is 357 g/mol. The standard InChI is InChI=1S/C19H21F3N4O/c1-2-14-10-17(25-18(23-14)24-15-4-5-15)26-8-7-12-3-6-16(9-13(12)11-26)27-19(20,21)22/h3,6,9-10,15H,2,4-5,7-8,11H2,1H3,(H,23,24,25). The van der Waals surface area contributed by atoms with E-state index in [4.69, 9.17) is 0 Å². The van der Waals surface area contributed by atoms with Gasteiger partial charge < -0.3 is 15.0 Å². The number of hydrogen-bond acceptors (Lipinski definition) is 5. The summed E-state index contributed by atoms with van der Waals surface area (Å²) in [5.41, 5.74) is 2.82. The zero-order valence-corrected chi connectivity index (χ0v) is 15.0. The van der Waals surface area contributed by atoms with E-state index in [0.717, 1.165) is 54.9 Å². The Morgan fingerprint density at radius 1 is 1.19 bits per heavy atom. The van der Waals surface area contributed by atoms with E-state index in [1.807, 2.05) is 13.0 Å². The second-order valence-electron chi connectivity index (χ2n) is 6.96. The van der Waals surface area contributed by atoms with Gasteiger partial charge in [0.2, 0.25) is 5.95 Å². The van der Waals surface area contributed by atoms with Crippen LogP contribution in [0.3, 0.4) is 0 Å². The van der Waals surface area contributed by atoms with Gasteiger partial charge in [0, 0.05) is 30.9 Å². The van der Waals surface area contributed by atoms with Gasteiger partial charge in [0.25, 0.3) is 0 Å². The lowest BCUT2D eigenvalue weighted by Crippen LogP contribution is -2.31. The highest BCUT2D eigenvalue weighted by Crippen LogP contribution is 2.30. The molecule has 0 saturated heterocycles. The maximum atomic E-state index is 12.5. The molecule has 0 bridgehead atoms. The van der Waals surface area contributed by atoms with Crippen LogP contribution < -0.4 is 15.0 Å². The minimum Gasteiger partial charge on any atom is -0.406 e. The quantitative estimate of drug-likeness (QED) is 0.850. The third-order valence-electron chi connectivity index (χ3n) is 4.79. The molecule has 1 aliphatic carbocycles. The fourth-order valence-corrected chi connectivity index (χ4v) is 3.23. The summed E-state index contributed by atoms with van der Waals surface area (Å²) >= 11 is 0. The Kier molecular flexibility index (Phi) is 4.57. The Balaban J connectivity index is 1.57. The van der Waals surface area contributed by atoms with Crippen molar-refractivity contribution in [1.29, 1.82) is 0 Å². The Hall–Kier alpha value is -2.51. The van der Waals surface area contributed by atoms with Crippen LogP contribution in [0.5, 0.6) is 5.75 Å². The summed E-state index contributed by atoms with van der Waals surface area (Å²) in [4.78, 5) is 11.2. The molecule has 5 nitrogen and oxygen atoms in total. The molecule has 0 unspecified atom stereocenters. The Morgan fingerprint density at radius 2 is 2.00 bits per heavy atom. The molecule has 0 radical (unpaired) electrons. The molecule has 0 amide bonds. The average molecular weight is 378 g/mol. The summed E-state index contributed by atoms with van der Waals surface area (Å²) in [6.07, 6.45) is -0.877. The molecule has 2 heterocycles. The number of aromatic nitrogens is 2. The first-order chi connectivity index (χ1) is 12.9. The number of nitrogens with one attached hydrogen (secondary N) is 1. The molecule has 1 aromatic heterocycles. The van der Waals surface area contributed by atoms with Gasteiger partial charge in [-0.3, -0.25) is 0 Å². The topological polar surface area (TPSA) is 50.3 Å². The van der Waals surface area contributed by atoms with Crippen LogP contribution in [0.15, 0.2) is 24.3 Å². The number of benzene rings is 1. The summed E-state index contributed by atoms with van der Waals surface area (Å²) in [6.45, 7) is 3.29.